The van der Waals surface area contributed by atoms with Crippen molar-refractivity contribution in [1.29, 1.82) is 5.26 Å². The SMILES string of the molecule is CC(C)(NC(CC#N)c1ccccc1)C(N)=O. The summed E-state index contributed by atoms with van der Waals surface area (Å²) >= 11 is 0. The van der Waals surface area contributed by atoms with Crippen molar-refractivity contribution in [3.63, 3.8) is 0 Å². The minimum absolute atomic E-state index is 0.191. The van der Waals surface area contributed by atoms with Gasteiger partial charge in [-0.25, -0.2) is 0 Å². The molecule has 4 nitrogen and oxygen atoms in total. The van der Waals surface area contributed by atoms with Crippen LogP contribution in [0.3, 0.4) is 0 Å². The van der Waals surface area contributed by atoms with E-state index < -0.39 is 11.4 Å². The third-order valence-electron chi connectivity index (χ3n) is 2.65. The zero-order valence-electron chi connectivity index (χ0n) is 10.1. The maximum Gasteiger partial charge on any atom is 0.237 e. The third kappa shape index (κ3) is 3.58. The quantitative estimate of drug-likeness (QED) is 0.805. The number of nitrogens with two attached hydrogens (primary N) is 1. The van der Waals surface area contributed by atoms with Crippen LogP contribution in [-0.2, 0) is 4.79 Å². The molecule has 1 atom stereocenters. The van der Waals surface area contributed by atoms with Gasteiger partial charge in [-0.3, -0.25) is 10.1 Å². The number of carbonyl (C=O) groups is 1. The summed E-state index contributed by atoms with van der Waals surface area (Å²) in [5.74, 6) is -0.434. The number of primary amides is 1. The maximum atomic E-state index is 11.3. The highest BCUT2D eigenvalue weighted by molar-refractivity contribution is 5.83. The van der Waals surface area contributed by atoms with Gasteiger partial charge < -0.3 is 5.73 Å². The topological polar surface area (TPSA) is 78.9 Å². The van der Waals surface area contributed by atoms with Crippen molar-refractivity contribution < 1.29 is 4.79 Å². The Morgan fingerprint density at radius 3 is 2.53 bits per heavy atom. The van der Waals surface area contributed by atoms with Gasteiger partial charge in [0.2, 0.25) is 5.91 Å². The first-order chi connectivity index (χ1) is 7.97. The highest BCUT2D eigenvalue weighted by atomic mass is 16.1. The molecule has 1 rings (SSSR count). The summed E-state index contributed by atoms with van der Waals surface area (Å²) in [5, 5.41) is 11.9. The van der Waals surface area contributed by atoms with Gasteiger partial charge in [0.05, 0.1) is 18.0 Å². The molecule has 0 heterocycles. The Hall–Kier alpha value is -1.86. The number of benzene rings is 1. The molecule has 0 aliphatic rings. The molecule has 0 aliphatic heterocycles. The highest BCUT2D eigenvalue weighted by Gasteiger charge is 2.28. The number of nitriles is 1. The summed E-state index contributed by atoms with van der Waals surface area (Å²) in [5.41, 5.74) is 5.45. The summed E-state index contributed by atoms with van der Waals surface area (Å²) in [4.78, 5) is 11.3. The van der Waals surface area contributed by atoms with Crippen LogP contribution < -0.4 is 11.1 Å². The number of rotatable bonds is 5. The Morgan fingerprint density at radius 2 is 2.06 bits per heavy atom. The third-order valence-corrected chi connectivity index (χ3v) is 2.65. The number of amides is 1. The monoisotopic (exact) mass is 231 g/mol. The lowest BCUT2D eigenvalue weighted by molar-refractivity contribution is -0.123. The molecule has 0 bridgehead atoms. The number of hydrogen-bond acceptors (Lipinski definition) is 3. The summed E-state index contributed by atoms with van der Waals surface area (Å²) in [7, 11) is 0. The summed E-state index contributed by atoms with van der Waals surface area (Å²) in [6, 6.07) is 11.5. The molecule has 0 saturated carbocycles. The molecule has 0 spiro atoms. The number of carbonyl (C=O) groups excluding carboxylic acids is 1. The predicted octanol–water partition coefficient (Wildman–Crippen LogP) is 1.49. The minimum atomic E-state index is -0.836. The van der Waals surface area contributed by atoms with Crippen molar-refractivity contribution in [2.45, 2.75) is 31.8 Å². The second kappa shape index (κ2) is 5.46. The predicted molar refractivity (Wildman–Crippen MR) is 65.8 cm³/mol. The van der Waals surface area contributed by atoms with E-state index in [1.54, 1.807) is 13.8 Å². The van der Waals surface area contributed by atoms with Crippen LogP contribution >= 0.6 is 0 Å². The van der Waals surface area contributed by atoms with Crippen LogP contribution in [0.15, 0.2) is 30.3 Å². The van der Waals surface area contributed by atoms with Crippen LogP contribution in [0.25, 0.3) is 0 Å². The fourth-order valence-corrected chi connectivity index (χ4v) is 1.54. The standard InChI is InChI=1S/C13H17N3O/c1-13(2,12(15)17)16-11(8-9-14)10-6-4-3-5-7-10/h3-7,11,16H,8H2,1-2H3,(H2,15,17). The van der Waals surface area contributed by atoms with Gasteiger partial charge in [0.1, 0.15) is 0 Å². The highest BCUT2D eigenvalue weighted by Crippen LogP contribution is 2.19. The fraction of sp³-hybridized carbons (Fsp3) is 0.385. The van der Waals surface area contributed by atoms with Gasteiger partial charge in [0.15, 0.2) is 0 Å². The van der Waals surface area contributed by atoms with Crippen LogP contribution in [0.1, 0.15) is 31.9 Å². The van der Waals surface area contributed by atoms with E-state index in [1.807, 2.05) is 30.3 Å². The van der Waals surface area contributed by atoms with Crippen LogP contribution in [0, 0.1) is 11.3 Å². The zero-order valence-corrected chi connectivity index (χ0v) is 10.1. The molecule has 4 heteroatoms. The van der Waals surface area contributed by atoms with Crippen LogP contribution in [-0.4, -0.2) is 11.4 Å². The molecule has 1 unspecified atom stereocenters. The van der Waals surface area contributed by atoms with Gasteiger partial charge in [-0.2, -0.15) is 5.26 Å². The Bertz CT molecular complexity index is 420. The van der Waals surface area contributed by atoms with Gasteiger partial charge in [0, 0.05) is 6.04 Å². The average Bonchev–Trinajstić information content (AvgIpc) is 2.29. The molecule has 17 heavy (non-hydrogen) atoms. The largest absolute Gasteiger partial charge is 0.368 e. The first-order valence-corrected chi connectivity index (χ1v) is 5.47. The Morgan fingerprint density at radius 1 is 1.47 bits per heavy atom. The molecular weight excluding hydrogens is 214 g/mol. The summed E-state index contributed by atoms with van der Waals surface area (Å²) in [6.07, 6.45) is 0.292. The van der Waals surface area contributed by atoms with E-state index in [1.165, 1.54) is 0 Å². The Labute approximate surface area is 101 Å². The maximum absolute atomic E-state index is 11.3. The van der Waals surface area contributed by atoms with E-state index in [0.29, 0.717) is 6.42 Å². The molecule has 0 saturated heterocycles. The Balaban J connectivity index is 2.89. The lowest BCUT2D eigenvalue weighted by Gasteiger charge is -2.28. The Kier molecular flexibility index (Phi) is 4.24. The molecule has 0 aromatic heterocycles. The van der Waals surface area contributed by atoms with E-state index in [9.17, 15) is 4.79 Å². The van der Waals surface area contributed by atoms with Crippen LogP contribution in [0.5, 0.6) is 0 Å². The molecule has 0 radical (unpaired) electrons. The van der Waals surface area contributed by atoms with Crippen LogP contribution in [0.2, 0.25) is 0 Å². The van der Waals surface area contributed by atoms with E-state index in [4.69, 9.17) is 11.0 Å². The molecule has 0 aliphatic carbocycles. The van der Waals surface area contributed by atoms with Gasteiger partial charge in [0.25, 0.3) is 0 Å². The molecule has 0 fully saturated rings. The molecule has 1 aromatic carbocycles. The first-order valence-electron chi connectivity index (χ1n) is 5.47. The first kappa shape index (κ1) is 13.2. The van der Waals surface area contributed by atoms with Crippen molar-refractivity contribution in [1.82, 2.24) is 5.32 Å². The van der Waals surface area contributed by atoms with Crippen molar-refractivity contribution in [3.05, 3.63) is 35.9 Å². The molecule has 1 amide bonds. The fourth-order valence-electron chi connectivity index (χ4n) is 1.54. The van der Waals surface area contributed by atoms with Crippen molar-refractivity contribution in [2.24, 2.45) is 5.73 Å². The average molecular weight is 231 g/mol. The van der Waals surface area contributed by atoms with Gasteiger partial charge in [-0.05, 0) is 19.4 Å². The normalized spacial score (nSPS) is 12.8. The molecular formula is C13H17N3O. The minimum Gasteiger partial charge on any atom is -0.368 e. The number of nitrogens with zero attached hydrogens (tertiary/aromatic N) is 1. The van der Waals surface area contributed by atoms with E-state index in [-0.39, 0.29) is 6.04 Å². The van der Waals surface area contributed by atoms with Gasteiger partial charge in [-0.1, -0.05) is 30.3 Å². The molecule has 1 aromatic rings. The van der Waals surface area contributed by atoms with Crippen molar-refractivity contribution >= 4 is 5.91 Å². The summed E-state index contributed by atoms with van der Waals surface area (Å²) in [6.45, 7) is 3.42. The summed E-state index contributed by atoms with van der Waals surface area (Å²) < 4.78 is 0. The van der Waals surface area contributed by atoms with Gasteiger partial charge in [-0.15, -0.1) is 0 Å². The lowest BCUT2D eigenvalue weighted by Crippen LogP contribution is -2.51. The van der Waals surface area contributed by atoms with Gasteiger partial charge >= 0.3 is 0 Å². The second-order valence-corrected chi connectivity index (χ2v) is 4.46. The number of hydrogen-bond donors (Lipinski definition) is 2. The van der Waals surface area contributed by atoms with E-state index in [2.05, 4.69) is 11.4 Å². The smallest absolute Gasteiger partial charge is 0.237 e. The molecule has 3 N–H and O–H groups in total. The van der Waals surface area contributed by atoms with E-state index in [0.717, 1.165) is 5.56 Å². The zero-order chi connectivity index (χ0) is 12.9. The van der Waals surface area contributed by atoms with E-state index >= 15 is 0 Å². The van der Waals surface area contributed by atoms with Crippen molar-refractivity contribution in [2.75, 3.05) is 0 Å². The van der Waals surface area contributed by atoms with Crippen LogP contribution in [0.4, 0.5) is 0 Å². The second-order valence-electron chi connectivity index (χ2n) is 4.46. The molecule has 90 valence electrons. The van der Waals surface area contributed by atoms with Crippen molar-refractivity contribution in [3.8, 4) is 6.07 Å². The lowest BCUT2D eigenvalue weighted by atomic mass is 9.98. The number of nitrogens with one attached hydrogen (secondary N) is 1.